The Balaban J connectivity index is 1.49. The lowest BCUT2D eigenvalue weighted by Crippen LogP contribution is -2.39. The van der Waals surface area contributed by atoms with Gasteiger partial charge in [0.1, 0.15) is 5.75 Å². The monoisotopic (exact) mass is 526 g/mol. The van der Waals surface area contributed by atoms with Crippen molar-refractivity contribution in [3.8, 4) is 5.75 Å². The second-order valence-corrected chi connectivity index (χ2v) is 12.1. The summed E-state index contributed by atoms with van der Waals surface area (Å²) in [6.07, 6.45) is 2.23. The Labute approximate surface area is 220 Å². The van der Waals surface area contributed by atoms with E-state index < -0.39 is 10.0 Å². The molecule has 2 atom stereocenters. The molecular formula is C29H35ClN2O3S. The minimum atomic E-state index is -3.82. The molecule has 7 heteroatoms. The number of nitrogens with zero attached hydrogens (tertiary/aromatic N) is 2. The molecule has 0 amide bonds. The molecule has 0 aliphatic carbocycles. The minimum absolute atomic E-state index is 0.159. The molecule has 3 aromatic carbocycles. The molecule has 1 saturated heterocycles. The molecule has 0 saturated carbocycles. The zero-order chi connectivity index (χ0) is 25.5. The summed E-state index contributed by atoms with van der Waals surface area (Å²) in [5.74, 6) is 2.19. The van der Waals surface area contributed by atoms with Gasteiger partial charge in [-0.2, -0.15) is 0 Å². The van der Waals surface area contributed by atoms with Crippen molar-refractivity contribution in [2.45, 2.75) is 38.1 Å². The van der Waals surface area contributed by atoms with Crippen molar-refractivity contribution in [3.05, 3.63) is 89.4 Å². The summed E-state index contributed by atoms with van der Waals surface area (Å²) in [6, 6.07) is 23.1. The first-order chi connectivity index (χ1) is 17.3. The average molecular weight is 527 g/mol. The SMILES string of the molecule is CC1CC(C)CN(CCCOc2ccccc2CN(c2ccccc2)S(=O)(=O)c2ccc(Cl)cc2)C1. The van der Waals surface area contributed by atoms with Gasteiger partial charge in [0, 0.05) is 30.2 Å². The third-order valence-corrected chi connectivity index (χ3v) is 8.59. The molecule has 3 aromatic rings. The molecule has 192 valence electrons. The van der Waals surface area contributed by atoms with Crippen LogP contribution in [0.5, 0.6) is 5.75 Å². The van der Waals surface area contributed by atoms with Gasteiger partial charge in [0.25, 0.3) is 10.0 Å². The predicted octanol–water partition coefficient (Wildman–Crippen LogP) is 6.48. The van der Waals surface area contributed by atoms with Crippen LogP contribution in [0, 0.1) is 11.8 Å². The van der Waals surface area contributed by atoms with Crippen molar-refractivity contribution in [1.29, 1.82) is 0 Å². The molecule has 0 aromatic heterocycles. The van der Waals surface area contributed by atoms with Gasteiger partial charge in [0.15, 0.2) is 0 Å². The largest absolute Gasteiger partial charge is 0.493 e. The van der Waals surface area contributed by atoms with E-state index in [-0.39, 0.29) is 11.4 Å². The van der Waals surface area contributed by atoms with Crippen LogP contribution in [0.1, 0.15) is 32.3 Å². The number of benzene rings is 3. The summed E-state index contributed by atoms with van der Waals surface area (Å²) in [6.45, 7) is 8.71. The first-order valence-electron chi connectivity index (χ1n) is 12.6. The molecule has 0 bridgehead atoms. The van der Waals surface area contributed by atoms with Gasteiger partial charge in [-0.1, -0.05) is 61.8 Å². The van der Waals surface area contributed by atoms with Crippen molar-refractivity contribution in [1.82, 2.24) is 4.90 Å². The molecule has 4 rings (SSSR count). The average Bonchev–Trinajstić information content (AvgIpc) is 2.86. The van der Waals surface area contributed by atoms with Crippen LogP contribution in [0.15, 0.2) is 83.8 Å². The van der Waals surface area contributed by atoms with E-state index in [0.717, 1.165) is 43.5 Å². The zero-order valence-electron chi connectivity index (χ0n) is 21.0. The Hall–Kier alpha value is -2.54. The van der Waals surface area contributed by atoms with E-state index >= 15 is 0 Å². The quantitative estimate of drug-likeness (QED) is 0.284. The highest BCUT2D eigenvalue weighted by Gasteiger charge is 2.26. The van der Waals surface area contributed by atoms with E-state index in [4.69, 9.17) is 16.3 Å². The van der Waals surface area contributed by atoms with Crippen molar-refractivity contribution in [2.24, 2.45) is 11.8 Å². The number of para-hydroxylation sites is 2. The van der Waals surface area contributed by atoms with E-state index in [9.17, 15) is 8.42 Å². The standard InChI is InChI=1S/C29H35ClN2O3S/c1-23-19-24(2)21-31(20-23)17-8-18-35-29-12-7-6-9-25(29)22-32(27-10-4-3-5-11-27)36(33,34)28-15-13-26(30)14-16-28/h3-7,9-16,23-24H,8,17-22H2,1-2H3. The number of ether oxygens (including phenoxy) is 1. The van der Waals surface area contributed by atoms with Crippen LogP contribution < -0.4 is 9.04 Å². The van der Waals surface area contributed by atoms with E-state index in [1.165, 1.54) is 10.7 Å². The molecular weight excluding hydrogens is 492 g/mol. The lowest BCUT2D eigenvalue weighted by Gasteiger charge is -2.34. The van der Waals surface area contributed by atoms with Crippen LogP contribution >= 0.6 is 11.6 Å². The molecule has 0 spiro atoms. The lowest BCUT2D eigenvalue weighted by molar-refractivity contribution is 0.132. The molecule has 0 radical (unpaired) electrons. The van der Waals surface area contributed by atoms with E-state index in [2.05, 4.69) is 18.7 Å². The number of anilines is 1. The fourth-order valence-corrected chi connectivity index (χ4v) is 6.59. The number of likely N-dealkylation sites (tertiary alicyclic amines) is 1. The van der Waals surface area contributed by atoms with Gasteiger partial charge in [-0.25, -0.2) is 8.42 Å². The van der Waals surface area contributed by atoms with Crippen LogP contribution in [0.25, 0.3) is 0 Å². The summed E-state index contributed by atoms with van der Waals surface area (Å²) in [5, 5.41) is 0.493. The molecule has 36 heavy (non-hydrogen) atoms. The molecule has 1 aliphatic rings. The van der Waals surface area contributed by atoms with Gasteiger partial charge in [-0.3, -0.25) is 4.31 Å². The number of piperidine rings is 1. The van der Waals surface area contributed by atoms with Crippen LogP contribution in [0.4, 0.5) is 5.69 Å². The van der Waals surface area contributed by atoms with Gasteiger partial charge < -0.3 is 9.64 Å². The van der Waals surface area contributed by atoms with Gasteiger partial charge in [0.05, 0.1) is 23.7 Å². The molecule has 0 N–H and O–H groups in total. The number of hydrogen-bond donors (Lipinski definition) is 0. The molecule has 1 fully saturated rings. The Morgan fingerprint density at radius 1 is 0.917 bits per heavy atom. The van der Waals surface area contributed by atoms with E-state index in [0.29, 0.717) is 23.1 Å². The maximum absolute atomic E-state index is 13.7. The van der Waals surface area contributed by atoms with Gasteiger partial charge in [-0.15, -0.1) is 0 Å². The third kappa shape index (κ3) is 6.81. The fourth-order valence-electron chi connectivity index (χ4n) is 5.02. The second-order valence-electron chi connectivity index (χ2n) is 9.82. The number of sulfonamides is 1. The topological polar surface area (TPSA) is 49.9 Å². The second kappa shape index (κ2) is 12.1. The molecule has 1 heterocycles. The van der Waals surface area contributed by atoms with Crippen LogP contribution in [0.3, 0.4) is 0 Å². The maximum atomic E-state index is 13.7. The third-order valence-electron chi connectivity index (χ3n) is 6.55. The van der Waals surface area contributed by atoms with E-state index in [1.54, 1.807) is 36.4 Å². The van der Waals surface area contributed by atoms with Crippen molar-refractivity contribution < 1.29 is 13.2 Å². The first-order valence-corrected chi connectivity index (χ1v) is 14.4. The fraction of sp³-hybridized carbons (Fsp3) is 0.379. The highest BCUT2D eigenvalue weighted by Crippen LogP contribution is 2.29. The Bertz CT molecular complexity index is 1210. The highest BCUT2D eigenvalue weighted by molar-refractivity contribution is 7.92. The van der Waals surface area contributed by atoms with Crippen molar-refractivity contribution in [3.63, 3.8) is 0 Å². The van der Waals surface area contributed by atoms with Gasteiger partial charge in [0.2, 0.25) is 0 Å². The lowest BCUT2D eigenvalue weighted by atomic mass is 9.92. The summed E-state index contributed by atoms with van der Waals surface area (Å²) in [7, 11) is -3.82. The summed E-state index contributed by atoms with van der Waals surface area (Å²) >= 11 is 6.01. The number of rotatable bonds is 10. The van der Waals surface area contributed by atoms with Crippen LogP contribution in [-0.2, 0) is 16.6 Å². The zero-order valence-corrected chi connectivity index (χ0v) is 22.6. The molecule has 1 aliphatic heterocycles. The van der Waals surface area contributed by atoms with Gasteiger partial charge >= 0.3 is 0 Å². The van der Waals surface area contributed by atoms with Gasteiger partial charge in [-0.05, 0) is 67.1 Å². The van der Waals surface area contributed by atoms with Crippen molar-refractivity contribution in [2.75, 3.05) is 30.5 Å². The molecule has 2 unspecified atom stereocenters. The normalized spacial score (nSPS) is 18.6. The Morgan fingerprint density at radius 3 is 2.25 bits per heavy atom. The van der Waals surface area contributed by atoms with Crippen LogP contribution in [-0.4, -0.2) is 39.6 Å². The number of hydrogen-bond acceptors (Lipinski definition) is 4. The minimum Gasteiger partial charge on any atom is -0.493 e. The summed E-state index contributed by atoms with van der Waals surface area (Å²) < 4.78 is 35.0. The molecule has 5 nitrogen and oxygen atoms in total. The highest BCUT2D eigenvalue weighted by atomic mass is 35.5. The smallest absolute Gasteiger partial charge is 0.264 e. The van der Waals surface area contributed by atoms with Crippen LogP contribution in [0.2, 0.25) is 5.02 Å². The van der Waals surface area contributed by atoms with E-state index in [1.807, 2.05) is 42.5 Å². The maximum Gasteiger partial charge on any atom is 0.264 e. The summed E-state index contributed by atoms with van der Waals surface area (Å²) in [4.78, 5) is 2.73. The Morgan fingerprint density at radius 2 is 1.56 bits per heavy atom. The summed E-state index contributed by atoms with van der Waals surface area (Å²) in [5.41, 5.74) is 1.41. The van der Waals surface area contributed by atoms with Crippen molar-refractivity contribution >= 4 is 27.3 Å². The number of halogens is 1. The first kappa shape index (κ1) is 26.5. The Kier molecular flexibility index (Phi) is 8.94. The predicted molar refractivity (Wildman–Crippen MR) is 147 cm³/mol.